The minimum Gasteiger partial charge on any atom is -0.465 e. The van der Waals surface area contributed by atoms with Crippen LogP contribution in [0.3, 0.4) is 0 Å². The quantitative estimate of drug-likeness (QED) is 0.0258. The number of rotatable bonds is 26. The number of carbonyl (C=O) groups excluding carboxylic acids is 11. The Kier molecular flexibility index (Phi) is 24.1. The van der Waals surface area contributed by atoms with Crippen molar-refractivity contribution in [2.45, 2.75) is 147 Å². The monoisotopic (exact) mass is 1170 g/mol. The summed E-state index contributed by atoms with van der Waals surface area (Å²) in [6.07, 6.45) is -16.3. The number of amides is 4. The van der Waals surface area contributed by atoms with Gasteiger partial charge >= 0.3 is 47.9 Å². The van der Waals surface area contributed by atoms with Gasteiger partial charge in [0.05, 0.1) is 32.8 Å². The van der Waals surface area contributed by atoms with E-state index in [2.05, 4.69) is 31.3 Å². The molecule has 1 aliphatic carbocycles. The molecule has 2 fully saturated rings. The van der Waals surface area contributed by atoms with Gasteiger partial charge in [0.15, 0.2) is 30.7 Å². The molecule has 0 bridgehead atoms. The molecule has 83 heavy (non-hydrogen) atoms. The lowest BCUT2D eigenvalue weighted by Crippen LogP contribution is -2.70. The summed E-state index contributed by atoms with van der Waals surface area (Å²) in [5.74, 6) is -13.0. The van der Waals surface area contributed by atoms with Gasteiger partial charge in [-0.3, -0.25) is 43.2 Å². The predicted molar refractivity (Wildman–Crippen MR) is 278 cm³/mol. The zero-order chi connectivity index (χ0) is 61.1. The maximum Gasteiger partial charge on any atom is 0.407 e. The lowest BCUT2D eigenvalue weighted by atomic mass is 9.87. The lowest BCUT2D eigenvalue weighted by Gasteiger charge is -2.49. The van der Waals surface area contributed by atoms with Crippen molar-refractivity contribution < 1.29 is 110 Å². The number of alkyl carbamates (subject to hydrolysis) is 1. The molecule has 0 unspecified atom stereocenters. The topological polar surface area (TPSA) is 395 Å². The smallest absolute Gasteiger partial charge is 0.407 e. The summed E-state index contributed by atoms with van der Waals surface area (Å²) in [5.41, 5.74) is 12.5. The van der Waals surface area contributed by atoms with E-state index in [9.17, 15) is 52.7 Å². The van der Waals surface area contributed by atoms with E-state index in [1.807, 2.05) is 48.5 Å². The van der Waals surface area contributed by atoms with Crippen LogP contribution in [0.2, 0.25) is 0 Å². The Hall–Kier alpha value is -8.44. The van der Waals surface area contributed by atoms with Crippen LogP contribution < -0.4 is 21.3 Å². The van der Waals surface area contributed by atoms with Gasteiger partial charge in [0.2, 0.25) is 17.7 Å². The first-order valence-corrected chi connectivity index (χ1v) is 26.0. The molecule has 0 aromatic heterocycles. The first-order valence-electron chi connectivity index (χ1n) is 26.0. The fraction of sp³-hybridized carbons (Fsp3) is 0.566. The van der Waals surface area contributed by atoms with E-state index in [0.29, 0.717) is 0 Å². The molecule has 12 atom stereocenters. The number of nitrogens with one attached hydrogen (secondary N) is 4. The molecule has 4 amide bonds. The number of hydrogen-bond donors (Lipinski definition) is 4. The molecular weight excluding hydrogens is 1100 g/mol. The Bertz CT molecular complexity index is 2730. The van der Waals surface area contributed by atoms with Crippen LogP contribution in [0.25, 0.3) is 21.6 Å². The first kappa shape index (κ1) is 65.4. The Balaban J connectivity index is 1.55. The Morgan fingerprint density at radius 3 is 1.86 bits per heavy atom. The highest BCUT2D eigenvalue weighted by Gasteiger charge is 2.61. The Labute approximate surface area is 475 Å². The average molecular weight is 1170 g/mol. The normalized spacial score (nSPS) is 23.4. The molecule has 3 aliphatic rings. The van der Waals surface area contributed by atoms with Gasteiger partial charge in [-0.25, -0.2) is 9.59 Å². The predicted octanol–water partition coefficient (Wildman–Crippen LogP) is 1.36. The molecule has 2 aliphatic heterocycles. The second-order valence-electron chi connectivity index (χ2n) is 19.1. The number of azide groups is 1. The molecule has 0 saturated carbocycles. The Morgan fingerprint density at radius 2 is 1.30 bits per heavy atom. The molecule has 0 radical (unpaired) electrons. The van der Waals surface area contributed by atoms with Gasteiger partial charge in [-0.15, -0.1) is 0 Å². The van der Waals surface area contributed by atoms with Crippen molar-refractivity contribution in [3.05, 3.63) is 70.1 Å². The first-order chi connectivity index (χ1) is 39.4. The molecule has 4 N–H and O–H groups in total. The summed E-state index contributed by atoms with van der Waals surface area (Å²) in [5, 5.41) is 13.6. The SMILES string of the molecule is COC(=O)[C@@]1(OC[C@H]2O[C@H](OC[C@H](NC(=O)OCC3c4ccccc4-c4ccccc43)C(=O)NCCCN=[N+]=[N-])[C@H](NC(C)=O)[C@@H](OC(C)=O)[C@H]2OC(C)=O)C[C@H](OC(C)=O)[C@@H](NC(C)=O)[C@H]([C@@H](OC(C)=O)[C@@H](COC(C)=O)OC(C)=O)O1. The molecule has 2 heterocycles. The molecule has 452 valence electrons. The van der Waals surface area contributed by atoms with E-state index in [4.69, 9.17) is 62.4 Å². The van der Waals surface area contributed by atoms with Gasteiger partial charge < -0.3 is 78.1 Å². The van der Waals surface area contributed by atoms with Gasteiger partial charge in [-0.2, -0.15) is 0 Å². The minimum absolute atomic E-state index is 0.00251. The van der Waals surface area contributed by atoms with Crippen molar-refractivity contribution in [2.75, 3.05) is 46.6 Å². The van der Waals surface area contributed by atoms with E-state index in [-0.39, 0.29) is 32.0 Å². The van der Waals surface area contributed by atoms with Crippen molar-refractivity contribution in [1.29, 1.82) is 0 Å². The number of carbonyl (C=O) groups is 11. The summed E-state index contributed by atoms with van der Waals surface area (Å²) in [4.78, 5) is 147. The fourth-order valence-corrected chi connectivity index (χ4v) is 9.68. The molecular formula is C53H67N7O23. The van der Waals surface area contributed by atoms with Crippen molar-refractivity contribution in [1.82, 2.24) is 21.3 Å². The second kappa shape index (κ2) is 30.6. The molecule has 5 rings (SSSR count). The van der Waals surface area contributed by atoms with Crippen LogP contribution in [0.1, 0.15) is 85.3 Å². The highest BCUT2D eigenvalue weighted by atomic mass is 16.8. The summed E-state index contributed by atoms with van der Waals surface area (Å²) < 4.78 is 69.3. The molecule has 2 aromatic carbocycles. The van der Waals surface area contributed by atoms with Crippen LogP contribution in [0.5, 0.6) is 0 Å². The summed E-state index contributed by atoms with van der Waals surface area (Å²) in [6.45, 7) is 5.17. The highest BCUT2D eigenvalue weighted by molar-refractivity contribution is 5.86. The average Bonchev–Trinajstić information content (AvgIpc) is 3.33. The third-order valence-corrected chi connectivity index (χ3v) is 12.8. The van der Waals surface area contributed by atoms with E-state index >= 15 is 0 Å². The van der Waals surface area contributed by atoms with Crippen LogP contribution in [-0.4, -0.2) is 185 Å². The summed E-state index contributed by atoms with van der Waals surface area (Å²) in [6, 6.07) is 10.3. The van der Waals surface area contributed by atoms with Crippen molar-refractivity contribution >= 4 is 65.6 Å². The maximum atomic E-state index is 14.3. The van der Waals surface area contributed by atoms with Gasteiger partial charge in [0.25, 0.3) is 5.79 Å². The minimum atomic E-state index is -2.87. The van der Waals surface area contributed by atoms with E-state index < -0.39 is 165 Å². The maximum absolute atomic E-state index is 14.3. The number of fused-ring (bicyclic) bond motifs is 3. The second-order valence-corrected chi connectivity index (χ2v) is 19.1. The zero-order valence-electron chi connectivity index (χ0n) is 46.9. The summed E-state index contributed by atoms with van der Waals surface area (Å²) >= 11 is 0. The zero-order valence-corrected chi connectivity index (χ0v) is 46.9. The number of methoxy groups -OCH3 is 1. The van der Waals surface area contributed by atoms with Gasteiger partial charge in [-0.05, 0) is 34.2 Å². The van der Waals surface area contributed by atoms with E-state index in [1.54, 1.807) is 0 Å². The molecule has 2 aromatic rings. The van der Waals surface area contributed by atoms with Crippen LogP contribution in [0.15, 0.2) is 53.6 Å². The third kappa shape index (κ3) is 18.3. The van der Waals surface area contributed by atoms with Crippen LogP contribution in [0, 0.1) is 0 Å². The van der Waals surface area contributed by atoms with Crippen LogP contribution in [0.4, 0.5) is 4.79 Å². The third-order valence-electron chi connectivity index (χ3n) is 12.8. The van der Waals surface area contributed by atoms with Gasteiger partial charge in [-0.1, -0.05) is 53.6 Å². The van der Waals surface area contributed by atoms with Crippen LogP contribution >= 0.6 is 0 Å². The molecule has 30 nitrogen and oxygen atoms in total. The number of hydrogen-bond acceptors (Lipinski definition) is 24. The molecule has 2 saturated heterocycles. The Morgan fingerprint density at radius 1 is 0.711 bits per heavy atom. The van der Waals surface area contributed by atoms with Crippen molar-refractivity contribution in [2.24, 2.45) is 5.11 Å². The van der Waals surface area contributed by atoms with Gasteiger partial charge in [0.1, 0.15) is 43.6 Å². The number of nitrogens with zero attached hydrogens (tertiary/aromatic N) is 3. The van der Waals surface area contributed by atoms with E-state index in [0.717, 1.165) is 84.8 Å². The van der Waals surface area contributed by atoms with Crippen molar-refractivity contribution in [3.8, 4) is 11.1 Å². The fourth-order valence-electron chi connectivity index (χ4n) is 9.68. The standard InChI is InChI=1S/C53H67N7O23/c1-26(61)57-43-40(77-29(4)64)21-53(51(70)72-9,83-48(43)46(80-32(7)67)41(78-30(5)65)24-73-28(3)63)76-25-42-45(79-31(6)66)47(81-33(8)68)44(58-27(2)62)50(82-42)74-23-39(49(69)55-19-14-20-56-60-54)59-52(71)75-22-38-36-17-12-10-15-34(36)35-16-11-13-18-37(35)38/h10-13,15-18,38-48,50H,14,19-25H2,1-9H3,(H,55,69)(H,57,61)(H,58,62)(H,59,71)/t39-,40-,41+,42+,43+,44+,45-,46-,47+,48+,50-,53+/m0/s1. The number of benzene rings is 2. The molecule has 30 heteroatoms. The van der Waals surface area contributed by atoms with Crippen molar-refractivity contribution in [3.63, 3.8) is 0 Å². The van der Waals surface area contributed by atoms with E-state index in [1.165, 1.54) is 0 Å². The van der Waals surface area contributed by atoms with Crippen LogP contribution in [-0.2, 0) is 105 Å². The highest BCUT2D eigenvalue weighted by Crippen LogP contribution is 2.45. The largest absolute Gasteiger partial charge is 0.465 e. The number of esters is 7. The summed E-state index contributed by atoms with van der Waals surface area (Å²) in [7, 11) is 0.902. The van der Waals surface area contributed by atoms with Gasteiger partial charge in [0, 0.05) is 79.3 Å². The molecule has 0 spiro atoms. The lowest BCUT2D eigenvalue weighted by molar-refractivity contribution is -0.333. The number of ether oxygens (including phenoxy) is 12.